The fourth-order valence-corrected chi connectivity index (χ4v) is 3.40. The Bertz CT molecular complexity index is 866. The molecule has 1 fully saturated rings. The third-order valence-electron chi connectivity index (χ3n) is 5.16. The van der Waals surface area contributed by atoms with Gasteiger partial charge in [-0.1, -0.05) is 49.1 Å². The van der Waals surface area contributed by atoms with E-state index in [4.69, 9.17) is 0 Å². The number of hydrazone groups is 1. The van der Waals surface area contributed by atoms with E-state index in [-0.39, 0.29) is 17.7 Å². The molecule has 28 heavy (non-hydrogen) atoms. The first-order valence-corrected chi connectivity index (χ1v) is 9.85. The van der Waals surface area contributed by atoms with E-state index in [2.05, 4.69) is 15.8 Å². The van der Waals surface area contributed by atoms with Crippen LogP contribution in [0.5, 0.6) is 0 Å². The molecule has 2 amide bonds. The summed E-state index contributed by atoms with van der Waals surface area (Å²) < 4.78 is 0. The lowest BCUT2D eigenvalue weighted by atomic mass is 9.88. The van der Waals surface area contributed by atoms with Gasteiger partial charge in [0.1, 0.15) is 0 Å². The van der Waals surface area contributed by atoms with E-state index < -0.39 is 0 Å². The number of nitrogens with zero attached hydrogens (tertiary/aromatic N) is 1. The van der Waals surface area contributed by atoms with Gasteiger partial charge in [0.25, 0.3) is 5.91 Å². The summed E-state index contributed by atoms with van der Waals surface area (Å²) in [6.07, 6.45) is 5.42. The van der Waals surface area contributed by atoms with Gasteiger partial charge in [-0.05, 0) is 56.5 Å². The monoisotopic (exact) mass is 377 g/mol. The second kappa shape index (κ2) is 9.31. The first-order valence-electron chi connectivity index (χ1n) is 9.85. The summed E-state index contributed by atoms with van der Waals surface area (Å²) in [5, 5.41) is 7.23. The molecule has 0 spiro atoms. The number of anilines is 1. The smallest absolute Gasteiger partial charge is 0.271 e. The summed E-state index contributed by atoms with van der Waals surface area (Å²) in [6.45, 7) is 3.81. The molecule has 1 aliphatic rings. The normalized spacial score (nSPS) is 15.1. The van der Waals surface area contributed by atoms with Crippen LogP contribution in [0.1, 0.15) is 60.5 Å². The van der Waals surface area contributed by atoms with Crippen LogP contribution in [0, 0.1) is 12.8 Å². The summed E-state index contributed by atoms with van der Waals surface area (Å²) in [7, 11) is 0. The first kappa shape index (κ1) is 19.8. The van der Waals surface area contributed by atoms with Gasteiger partial charge in [0.15, 0.2) is 0 Å². The number of nitrogens with one attached hydrogen (secondary N) is 2. The van der Waals surface area contributed by atoms with Gasteiger partial charge < -0.3 is 5.32 Å². The molecular formula is C23H27N3O2. The van der Waals surface area contributed by atoms with Crippen LogP contribution in [0.4, 0.5) is 5.69 Å². The molecule has 2 aromatic rings. The Kier molecular flexibility index (Phi) is 6.58. The van der Waals surface area contributed by atoms with Crippen molar-refractivity contribution in [3.05, 3.63) is 65.2 Å². The molecule has 0 aliphatic heterocycles. The number of hydrogen-bond acceptors (Lipinski definition) is 3. The van der Waals surface area contributed by atoms with E-state index in [9.17, 15) is 9.59 Å². The maximum atomic E-state index is 12.4. The SMILES string of the molecule is C/C(=N/NC(=O)c1ccc(C)cc1)c1cccc(NC(=O)C2CCCCC2)c1. The number of hydrogen-bond donors (Lipinski definition) is 2. The van der Waals surface area contributed by atoms with Crippen molar-refractivity contribution < 1.29 is 9.59 Å². The maximum absolute atomic E-state index is 12.4. The van der Waals surface area contributed by atoms with Crippen LogP contribution in [0.2, 0.25) is 0 Å². The number of carbonyl (C=O) groups is 2. The van der Waals surface area contributed by atoms with Crippen LogP contribution < -0.4 is 10.7 Å². The molecule has 2 N–H and O–H groups in total. The van der Waals surface area contributed by atoms with Gasteiger partial charge in [-0.2, -0.15) is 5.10 Å². The number of amides is 2. The third-order valence-corrected chi connectivity index (χ3v) is 5.16. The Hall–Kier alpha value is -2.95. The van der Waals surface area contributed by atoms with Crippen LogP contribution in [-0.4, -0.2) is 17.5 Å². The van der Waals surface area contributed by atoms with Crippen LogP contribution in [0.3, 0.4) is 0 Å². The highest BCUT2D eigenvalue weighted by Crippen LogP contribution is 2.25. The molecule has 5 heteroatoms. The predicted molar refractivity (Wildman–Crippen MR) is 113 cm³/mol. The lowest BCUT2D eigenvalue weighted by Crippen LogP contribution is -2.24. The lowest BCUT2D eigenvalue weighted by Gasteiger charge is -2.20. The van der Waals surface area contributed by atoms with Crippen LogP contribution in [0.25, 0.3) is 0 Å². The predicted octanol–water partition coefficient (Wildman–Crippen LogP) is 4.67. The van der Waals surface area contributed by atoms with Crippen molar-refractivity contribution in [3.8, 4) is 0 Å². The molecule has 0 radical (unpaired) electrons. The van der Waals surface area contributed by atoms with Crippen molar-refractivity contribution in [2.24, 2.45) is 11.0 Å². The standard InChI is InChI=1S/C23H27N3O2/c1-16-11-13-19(14-12-16)23(28)26-25-17(2)20-9-6-10-21(15-20)24-22(27)18-7-4-3-5-8-18/h6,9-15,18H,3-5,7-8H2,1-2H3,(H,24,27)(H,26,28)/b25-17-. The summed E-state index contributed by atoms with van der Waals surface area (Å²) >= 11 is 0. The summed E-state index contributed by atoms with van der Waals surface area (Å²) in [5.74, 6) is -0.0406. The molecule has 0 unspecified atom stereocenters. The number of aryl methyl sites for hydroxylation is 1. The maximum Gasteiger partial charge on any atom is 0.271 e. The Morgan fingerprint density at radius 2 is 1.68 bits per heavy atom. The summed E-state index contributed by atoms with van der Waals surface area (Å²) in [6, 6.07) is 14.9. The minimum atomic E-state index is -0.249. The summed E-state index contributed by atoms with van der Waals surface area (Å²) in [5.41, 5.74) is 6.54. The van der Waals surface area contributed by atoms with Crippen LogP contribution >= 0.6 is 0 Å². The Morgan fingerprint density at radius 3 is 2.39 bits per heavy atom. The fraction of sp³-hybridized carbons (Fsp3) is 0.348. The van der Waals surface area contributed by atoms with Gasteiger partial charge in [0.2, 0.25) is 5.91 Å². The van der Waals surface area contributed by atoms with Crippen molar-refractivity contribution in [1.82, 2.24) is 5.43 Å². The highest BCUT2D eigenvalue weighted by Gasteiger charge is 2.21. The van der Waals surface area contributed by atoms with E-state index in [1.807, 2.05) is 50.2 Å². The zero-order chi connectivity index (χ0) is 19.9. The van der Waals surface area contributed by atoms with E-state index in [0.29, 0.717) is 11.3 Å². The second-order valence-corrected chi connectivity index (χ2v) is 7.41. The molecule has 0 bridgehead atoms. The average molecular weight is 377 g/mol. The molecule has 0 saturated heterocycles. The van der Waals surface area contributed by atoms with E-state index >= 15 is 0 Å². The highest BCUT2D eigenvalue weighted by molar-refractivity contribution is 6.02. The highest BCUT2D eigenvalue weighted by atomic mass is 16.2. The molecule has 146 valence electrons. The van der Waals surface area contributed by atoms with Gasteiger partial charge in [-0.3, -0.25) is 9.59 Å². The van der Waals surface area contributed by atoms with Crippen molar-refractivity contribution in [3.63, 3.8) is 0 Å². The number of rotatable bonds is 5. The molecule has 0 atom stereocenters. The van der Waals surface area contributed by atoms with Gasteiger partial charge in [-0.25, -0.2) is 5.43 Å². The van der Waals surface area contributed by atoms with Crippen LogP contribution in [-0.2, 0) is 4.79 Å². The van der Waals surface area contributed by atoms with E-state index in [1.165, 1.54) is 6.42 Å². The van der Waals surface area contributed by atoms with Crippen molar-refractivity contribution in [1.29, 1.82) is 0 Å². The quantitative estimate of drug-likeness (QED) is 0.587. The lowest BCUT2D eigenvalue weighted by molar-refractivity contribution is -0.120. The zero-order valence-corrected chi connectivity index (χ0v) is 16.5. The number of benzene rings is 2. The molecule has 5 nitrogen and oxygen atoms in total. The zero-order valence-electron chi connectivity index (χ0n) is 16.5. The van der Waals surface area contributed by atoms with E-state index in [0.717, 1.165) is 42.5 Å². The average Bonchev–Trinajstić information content (AvgIpc) is 2.73. The van der Waals surface area contributed by atoms with Gasteiger partial charge in [0, 0.05) is 17.2 Å². The molecule has 0 aromatic heterocycles. The molecule has 3 rings (SSSR count). The van der Waals surface area contributed by atoms with Crippen molar-refractivity contribution in [2.75, 3.05) is 5.32 Å². The number of carbonyl (C=O) groups excluding carboxylic acids is 2. The molecular weight excluding hydrogens is 350 g/mol. The fourth-order valence-electron chi connectivity index (χ4n) is 3.40. The molecule has 1 aliphatic carbocycles. The minimum Gasteiger partial charge on any atom is -0.326 e. The van der Waals surface area contributed by atoms with Crippen molar-refractivity contribution in [2.45, 2.75) is 46.0 Å². The first-order chi connectivity index (χ1) is 13.5. The molecule has 0 heterocycles. The van der Waals surface area contributed by atoms with Crippen LogP contribution in [0.15, 0.2) is 53.6 Å². The Labute approximate surface area is 166 Å². The van der Waals surface area contributed by atoms with Crippen molar-refractivity contribution >= 4 is 23.2 Å². The minimum absolute atomic E-state index is 0.0964. The topological polar surface area (TPSA) is 70.6 Å². The van der Waals surface area contributed by atoms with E-state index in [1.54, 1.807) is 12.1 Å². The Morgan fingerprint density at radius 1 is 0.964 bits per heavy atom. The Balaban J connectivity index is 1.63. The van der Waals surface area contributed by atoms with Gasteiger partial charge >= 0.3 is 0 Å². The summed E-state index contributed by atoms with van der Waals surface area (Å²) in [4.78, 5) is 24.7. The second-order valence-electron chi connectivity index (χ2n) is 7.41. The van der Waals surface area contributed by atoms with Gasteiger partial charge in [-0.15, -0.1) is 0 Å². The molecule has 1 saturated carbocycles. The van der Waals surface area contributed by atoms with Gasteiger partial charge in [0.05, 0.1) is 5.71 Å². The largest absolute Gasteiger partial charge is 0.326 e. The molecule has 2 aromatic carbocycles. The third kappa shape index (κ3) is 5.28.